The number of nitrogens with one attached hydrogen (secondary N) is 1. The van der Waals surface area contributed by atoms with Gasteiger partial charge in [0, 0.05) is 48.7 Å². The average molecular weight is 301 g/mol. The molecule has 1 aliphatic heterocycles. The lowest BCUT2D eigenvalue weighted by molar-refractivity contribution is 0.313. The van der Waals surface area contributed by atoms with Crippen LogP contribution >= 0.6 is 11.6 Å². The fourth-order valence-electron chi connectivity index (χ4n) is 3.05. The predicted octanol–water partition coefficient (Wildman–Crippen LogP) is 3.12. The van der Waals surface area contributed by atoms with Crippen LogP contribution in [0.1, 0.15) is 0 Å². The molecular formula is C16H17ClN4. The molecule has 2 aromatic heterocycles. The summed E-state index contributed by atoms with van der Waals surface area (Å²) in [4.78, 5) is 12.3. The zero-order valence-electron chi connectivity index (χ0n) is 11.9. The molecule has 4 rings (SSSR count). The van der Waals surface area contributed by atoms with Crippen LogP contribution in [-0.4, -0.2) is 48.1 Å². The van der Waals surface area contributed by atoms with E-state index in [2.05, 4.69) is 38.9 Å². The van der Waals surface area contributed by atoms with Crippen LogP contribution in [0.25, 0.3) is 21.8 Å². The number of H-pyrrole nitrogens is 1. The maximum Gasteiger partial charge on any atom is 0.0651 e. The van der Waals surface area contributed by atoms with Gasteiger partial charge in [-0.05, 0) is 25.2 Å². The van der Waals surface area contributed by atoms with Gasteiger partial charge in [0.1, 0.15) is 0 Å². The number of aromatic nitrogens is 2. The molecule has 21 heavy (non-hydrogen) atoms. The van der Waals surface area contributed by atoms with E-state index in [0.717, 1.165) is 53.3 Å². The number of piperazine rings is 1. The first-order valence-electron chi connectivity index (χ1n) is 7.21. The summed E-state index contributed by atoms with van der Waals surface area (Å²) in [5, 5.41) is 3.16. The van der Waals surface area contributed by atoms with Crippen LogP contribution in [0.5, 0.6) is 0 Å². The second-order valence-corrected chi connectivity index (χ2v) is 6.09. The topological polar surface area (TPSA) is 35.2 Å². The number of hydrogen-bond acceptors (Lipinski definition) is 3. The molecule has 3 heterocycles. The zero-order valence-corrected chi connectivity index (χ0v) is 12.7. The minimum atomic E-state index is 0.824. The van der Waals surface area contributed by atoms with E-state index in [4.69, 9.17) is 11.6 Å². The van der Waals surface area contributed by atoms with Gasteiger partial charge >= 0.3 is 0 Å². The second-order valence-electron chi connectivity index (χ2n) is 5.69. The van der Waals surface area contributed by atoms with E-state index in [1.807, 2.05) is 18.5 Å². The van der Waals surface area contributed by atoms with Crippen molar-refractivity contribution in [2.45, 2.75) is 0 Å². The van der Waals surface area contributed by atoms with Gasteiger partial charge in [-0.15, -0.1) is 0 Å². The predicted molar refractivity (Wildman–Crippen MR) is 88.3 cm³/mol. The monoisotopic (exact) mass is 300 g/mol. The van der Waals surface area contributed by atoms with Crippen molar-refractivity contribution in [1.82, 2.24) is 14.9 Å². The molecule has 0 spiro atoms. The van der Waals surface area contributed by atoms with Gasteiger partial charge in [0.2, 0.25) is 0 Å². The van der Waals surface area contributed by atoms with E-state index in [1.165, 1.54) is 5.39 Å². The van der Waals surface area contributed by atoms with Crippen molar-refractivity contribution in [3.8, 4) is 0 Å². The summed E-state index contributed by atoms with van der Waals surface area (Å²) >= 11 is 6.55. The second kappa shape index (κ2) is 4.90. The lowest BCUT2D eigenvalue weighted by atomic mass is 10.1. The van der Waals surface area contributed by atoms with Crippen molar-refractivity contribution in [3.05, 3.63) is 35.6 Å². The van der Waals surface area contributed by atoms with Gasteiger partial charge in [-0.3, -0.25) is 4.98 Å². The zero-order chi connectivity index (χ0) is 14.4. The highest BCUT2D eigenvalue weighted by Gasteiger charge is 2.18. The highest BCUT2D eigenvalue weighted by atomic mass is 35.5. The highest BCUT2D eigenvalue weighted by molar-refractivity contribution is 6.34. The number of fused-ring (bicyclic) bond motifs is 3. The molecule has 1 aromatic carbocycles. The molecule has 4 nitrogen and oxygen atoms in total. The Morgan fingerprint density at radius 1 is 1.10 bits per heavy atom. The quantitative estimate of drug-likeness (QED) is 0.750. The smallest absolute Gasteiger partial charge is 0.0651 e. The largest absolute Gasteiger partial charge is 0.368 e. The van der Waals surface area contributed by atoms with Crippen LogP contribution in [0.4, 0.5) is 5.69 Å². The normalized spacial score (nSPS) is 17.0. The molecular weight excluding hydrogens is 284 g/mol. The molecule has 1 aliphatic rings. The van der Waals surface area contributed by atoms with E-state index in [0.29, 0.717) is 0 Å². The van der Waals surface area contributed by atoms with Gasteiger partial charge in [-0.25, -0.2) is 0 Å². The Hall–Kier alpha value is -1.78. The Balaban J connectivity index is 1.83. The van der Waals surface area contributed by atoms with E-state index >= 15 is 0 Å². The summed E-state index contributed by atoms with van der Waals surface area (Å²) in [5.74, 6) is 0. The summed E-state index contributed by atoms with van der Waals surface area (Å²) in [7, 11) is 2.16. The van der Waals surface area contributed by atoms with Gasteiger partial charge in [-0.2, -0.15) is 0 Å². The lowest BCUT2D eigenvalue weighted by Crippen LogP contribution is -2.44. The number of rotatable bonds is 1. The number of halogens is 1. The molecule has 0 unspecified atom stereocenters. The van der Waals surface area contributed by atoms with Crippen molar-refractivity contribution in [2.24, 2.45) is 0 Å². The van der Waals surface area contributed by atoms with Gasteiger partial charge < -0.3 is 14.8 Å². The molecule has 0 amide bonds. The van der Waals surface area contributed by atoms with Crippen molar-refractivity contribution in [2.75, 3.05) is 38.1 Å². The molecule has 0 bridgehead atoms. The molecule has 1 fully saturated rings. The number of pyridine rings is 1. The van der Waals surface area contributed by atoms with Crippen LogP contribution in [0.15, 0.2) is 30.6 Å². The van der Waals surface area contributed by atoms with Crippen LogP contribution in [0, 0.1) is 0 Å². The molecule has 5 heteroatoms. The van der Waals surface area contributed by atoms with Crippen molar-refractivity contribution < 1.29 is 0 Å². The summed E-state index contributed by atoms with van der Waals surface area (Å²) in [5.41, 5.74) is 3.30. The fraction of sp³-hybridized carbons (Fsp3) is 0.312. The molecule has 3 aromatic rings. The minimum absolute atomic E-state index is 0.824. The summed E-state index contributed by atoms with van der Waals surface area (Å²) in [6.45, 7) is 4.18. The molecule has 1 saturated heterocycles. The number of nitrogens with zero attached hydrogens (tertiary/aromatic N) is 3. The molecule has 0 radical (unpaired) electrons. The van der Waals surface area contributed by atoms with Crippen LogP contribution < -0.4 is 4.90 Å². The van der Waals surface area contributed by atoms with E-state index < -0.39 is 0 Å². The van der Waals surface area contributed by atoms with Crippen LogP contribution in [0.2, 0.25) is 5.02 Å². The van der Waals surface area contributed by atoms with Gasteiger partial charge in [0.05, 0.1) is 22.4 Å². The van der Waals surface area contributed by atoms with Crippen molar-refractivity contribution in [1.29, 1.82) is 0 Å². The third-order valence-electron chi connectivity index (χ3n) is 4.31. The minimum Gasteiger partial charge on any atom is -0.368 e. The van der Waals surface area contributed by atoms with E-state index in [1.54, 1.807) is 0 Å². The first-order chi connectivity index (χ1) is 10.2. The third-order valence-corrected chi connectivity index (χ3v) is 4.61. The van der Waals surface area contributed by atoms with Crippen LogP contribution in [-0.2, 0) is 0 Å². The number of benzene rings is 1. The molecule has 1 N–H and O–H groups in total. The Labute approximate surface area is 128 Å². The maximum absolute atomic E-state index is 6.55. The Morgan fingerprint density at radius 2 is 1.90 bits per heavy atom. The Bertz CT molecular complexity index is 802. The first kappa shape index (κ1) is 12.9. The van der Waals surface area contributed by atoms with Crippen LogP contribution in [0.3, 0.4) is 0 Å². The molecule has 0 atom stereocenters. The highest BCUT2D eigenvalue weighted by Crippen LogP contribution is 2.34. The van der Waals surface area contributed by atoms with Crippen molar-refractivity contribution >= 4 is 39.1 Å². The number of anilines is 1. The van der Waals surface area contributed by atoms with E-state index in [-0.39, 0.29) is 0 Å². The summed E-state index contributed by atoms with van der Waals surface area (Å²) in [6, 6.07) is 6.27. The van der Waals surface area contributed by atoms with Gasteiger partial charge in [0.15, 0.2) is 0 Å². The first-order valence-corrected chi connectivity index (χ1v) is 7.58. The maximum atomic E-state index is 6.55. The summed E-state index contributed by atoms with van der Waals surface area (Å²) in [6.07, 6.45) is 3.68. The number of aromatic amines is 1. The van der Waals surface area contributed by atoms with Crippen molar-refractivity contribution in [3.63, 3.8) is 0 Å². The standard InChI is InChI=1S/C16H17ClN4/c1-20-4-6-21(7-5-20)16-9-14-12(8-13(16)17)11-2-3-18-10-15(11)19-14/h2-3,8-10,19H,4-7H2,1H3. The molecule has 108 valence electrons. The van der Waals surface area contributed by atoms with Gasteiger partial charge in [0.25, 0.3) is 0 Å². The third kappa shape index (κ3) is 2.15. The van der Waals surface area contributed by atoms with E-state index in [9.17, 15) is 0 Å². The molecule has 0 aliphatic carbocycles. The lowest BCUT2D eigenvalue weighted by Gasteiger charge is -2.34. The number of hydrogen-bond donors (Lipinski definition) is 1. The molecule has 0 saturated carbocycles. The fourth-order valence-corrected chi connectivity index (χ4v) is 3.33. The Kier molecular flexibility index (Phi) is 3.01. The Morgan fingerprint density at radius 3 is 2.71 bits per heavy atom. The number of likely N-dealkylation sites (N-methyl/N-ethyl adjacent to an activating group) is 1. The van der Waals surface area contributed by atoms with Gasteiger partial charge in [-0.1, -0.05) is 11.6 Å². The summed E-state index contributed by atoms with van der Waals surface area (Å²) < 4.78 is 0. The SMILES string of the molecule is CN1CCN(c2cc3[nH]c4cnccc4c3cc2Cl)CC1. The average Bonchev–Trinajstić information content (AvgIpc) is 2.85.